The van der Waals surface area contributed by atoms with Crippen LogP contribution in [0, 0.1) is 19.7 Å². The van der Waals surface area contributed by atoms with Gasteiger partial charge in [-0.2, -0.15) is 9.97 Å². The van der Waals surface area contributed by atoms with E-state index < -0.39 is 0 Å². The standard InChI is InChI=1S/C20H18FN5/c1-12-18(16-8-3-4-9-17(16)23-12)19-24-13(2)25-20(26-19)22-11-14-6-5-7-15(21)10-14/h3-10,23H,11H2,1-2H3,(H,22,24,25,26). The summed E-state index contributed by atoms with van der Waals surface area (Å²) in [7, 11) is 0. The number of nitrogens with zero attached hydrogens (tertiary/aromatic N) is 3. The third-order valence-corrected chi connectivity index (χ3v) is 4.20. The van der Waals surface area contributed by atoms with Crippen molar-refractivity contribution in [3.63, 3.8) is 0 Å². The number of hydrogen-bond acceptors (Lipinski definition) is 4. The normalized spacial score (nSPS) is 11.0. The lowest BCUT2D eigenvalue weighted by Crippen LogP contribution is -2.07. The Bertz CT molecular complexity index is 1090. The van der Waals surface area contributed by atoms with Crippen LogP contribution in [0.1, 0.15) is 17.1 Å². The summed E-state index contributed by atoms with van der Waals surface area (Å²) < 4.78 is 13.3. The molecule has 26 heavy (non-hydrogen) atoms. The SMILES string of the molecule is Cc1nc(NCc2cccc(F)c2)nc(-c2c(C)[nH]c3ccccc23)n1. The lowest BCUT2D eigenvalue weighted by molar-refractivity contribution is 0.626. The molecule has 0 bridgehead atoms. The van der Waals surface area contributed by atoms with E-state index in [1.807, 2.05) is 44.2 Å². The van der Waals surface area contributed by atoms with Crippen molar-refractivity contribution >= 4 is 16.9 Å². The molecule has 5 nitrogen and oxygen atoms in total. The predicted molar refractivity (Wildman–Crippen MR) is 100 cm³/mol. The van der Waals surface area contributed by atoms with Gasteiger partial charge in [-0.3, -0.25) is 0 Å². The summed E-state index contributed by atoms with van der Waals surface area (Å²) in [6.07, 6.45) is 0. The molecular weight excluding hydrogens is 329 g/mol. The van der Waals surface area contributed by atoms with Crippen LogP contribution in [0.2, 0.25) is 0 Å². The second kappa shape index (κ2) is 6.55. The Hall–Kier alpha value is -3.28. The molecule has 4 aromatic rings. The maximum atomic E-state index is 13.3. The Morgan fingerprint density at radius 2 is 1.85 bits per heavy atom. The summed E-state index contributed by atoms with van der Waals surface area (Å²) in [6, 6.07) is 14.5. The Kier molecular flexibility index (Phi) is 4.08. The molecule has 130 valence electrons. The number of anilines is 1. The Balaban J connectivity index is 1.69. The molecule has 0 aliphatic carbocycles. The first-order chi connectivity index (χ1) is 12.6. The summed E-state index contributed by atoms with van der Waals surface area (Å²) in [5.41, 5.74) is 3.85. The molecule has 4 rings (SSSR count). The molecule has 0 fully saturated rings. The number of para-hydroxylation sites is 1. The van der Waals surface area contributed by atoms with Gasteiger partial charge in [0.25, 0.3) is 0 Å². The van der Waals surface area contributed by atoms with Crippen molar-refractivity contribution < 1.29 is 4.39 Å². The van der Waals surface area contributed by atoms with E-state index in [1.165, 1.54) is 12.1 Å². The summed E-state index contributed by atoms with van der Waals surface area (Å²) >= 11 is 0. The van der Waals surface area contributed by atoms with Gasteiger partial charge in [-0.15, -0.1) is 0 Å². The Labute approximate surface area is 150 Å². The van der Waals surface area contributed by atoms with Gasteiger partial charge >= 0.3 is 0 Å². The molecule has 2 N–H and O–H groups in total. The third-order valence-electron chi connectivity index (χ3n) is 4.20. The van der Waals surface area contributed by atoms with Crippen LogP contribution in [-0.2, 0) is 6.54 Å². The highest BCUT2D eigenvalue weighted by molar-refractivity contribution is 5.95. The molecule has 0 aliphatic heterocycles. The topological polar surface area (TPSA) is 66.5 Å². The molecule has 0 unspecified atom stereocenters. The second-order valence-electron chi connectivity index (χ2n) is 6.18. The van der Waals surface area contributed by atoms with E-state index in [9.17, 15) is 4.39 Å². The van der Waals surface area contributed by atoms with E-state index in [-0.39, 0.29) is 5.82 Å². The van der Waals surface area contributed by atoms with Gasteiger partial charge in [-0.25, -0.2) is 9.37 Å². The molecule has 0 atom stereocenters. The number of H-pyrrole nitrogens is 1. The number of aromatic amines is 1. The van der Waals surface area contributed by atoms with Crippen LogP contribution in [0.25, 0.3) is 22.3 Å². The van der Waals surface area contributed by atoms with Crippen molar-refractivity contribution in [1.82, 2.24) is 19.9 Å². The molecule has 0 spiro atoms. The van der Waals surface area contributed by atoms with E-state index in [0.717, 1.165) is 27.7 Å². The Morgan fingerprint density at radius 1 is 1.00 bits per heavy atom. The first kappa shape index (κ1) is 16.2. The summed E-state index contributed by atoms with van der Waals surface area (Å²) in [6.45, 7) is 4.28. The van der Waals surface area contributed by atoms with Crippen molar-refractivity contribution in [3.8, 4) is 11.4 Å². The van der Waals surface area contributed by atoms with Crippen LogP contribution < -0.4 is 5.32 Å². The number of nitrogens with one attached hydrogen (secondary N) is 2. The van der Waals surface area contributed by atoms with Crippen LogP contribution in [0.5, 0.6) is 0 Å². The number of halogens is 1. The summed E-state index contributed by atoms with van der Waals surface area (Å²) in [5, 5.41) is 4.24. The third kappa shape index (κ3) is 3.13. The fourth-order valence-electron chi connectivity index (χ4n) is 3.07. The summed E-state index contributed by atoms with van der Waals surface area (Å²) in [5.74, 6) is 1.46. The molecule has 0 radical (unpaired) electrons. The highest BCUT2D eigenvalue weighted by Crippen LogP contribution is 2.30. The lowest BCUT2D eigenvalue weighted by Gasteiger charge is -2.08. The van der Waals surface area contributed by atoms with Gasteiger partial charge in [0.05, 0.1) is 0 Å². The molecule has 0 saturated heterocycles. The van der Waals surface area contributed by atoms with Crippen molar-refractivity contribution in [2.24, 2.45) is 0 Å². The Morgan fingerprint density at radius 3 is 2.69 bits per heavy atom. The quantitative estimate of drug-likeness (QED) is 0.575. The maximum Gasteiger partial charge on any atom is 0.226 e. The largest absolute Gasteiger partial charge is 0.358 e. The van der Waals surface area contributed by atoms with Gasteiger partial charge in [0.1, 0.15) is 11.6 Å². The zero-order chi connectivity index (χ0) is 18.1. The van der Waals surface area contributed by atoms with Crippen LogP contribution in [0.4, 0.5) is 10.3 Å². The number of aryl methyl sites for hydroxylation is 2. The highest BCUT2D eigenvalue weighted by Gasteiger charge is 2.14. The molecule has 0 amide bonds. The number of hydrogen-bond donors (Lipinski definition) is 2. The van der Waals surface area contributed by atoms with Gasteiger partial charge in [-0.05, 0) is 37.6 Å². The zero-order valence-corrected chi connectivity index (χ0v) is 14.5. The molecule has 6 heteroatoms. The molecule has 0 saturated carbocycles. The van der Waals surface area contributed by atoms with Gasteiger partial charge in [0.15, 0.2) is 5.82 Å². The van der Waals surface area contributed by atoms with E-state index in [1.54, 1.807) is 6.07 Å². The van der Waals surface area contributed by atoms with Crippen LogP contribution >= 0.6 is 0 Å². The minimum atomic E-state index is -0.258. The van der Waals surface area contributed by atoms with E-state index in [0.29, 0.717) is 24.1 Å². The van der Waals surface area contributed by atoms with Crippen molar-refractivity contribution in [2.45, 2.75) is 20.4 Å². The van der Waals surface area contributed by atoms with Gasteiger partial charge in [-0.1, -0.05) is 30.3 Å². The van der Waals surface area contributed by atoms with E-state index in [4.69, 9.17) is 0 Å². The fraction of sp³-hybridized carbons (Fsp3) is 0.150. The van der Waals surface area contributed by atoms with Crippen LogP contribution in [0.3, 0.4) is 0 Å². The second-order valence-corrected chi connectivity index (χ2v) is 6.18. The first-order valence-electron chi connectivity index (χ1n) is 8.39. The number of aromatic nitrogens is 4. The van der Waals surface area contributed by atoms with Crippen molar-refractivity contribution in [2.75, 3.05) is 5.32 Å². The predicted octanol–water partition coefficient (Wildman–Crippen LogP) is 4.39. The minimum Gasteiger partial charge on any atom is -0.358 e. The average Bonchev–Trinajstić information content (AvgIpc) is 2.95. The van der Waals surface area contributed by atoms with Gasteiger partial charge in [0.2, 0.25) is 5.95 Å². The maximum absolute atomic E-state index is 13.3. The molecular formula is C20H18FN5. The zero-order valence-electron chi connectivity index (χ0n) is 14.5. The average molecular weight is 347 g/mol. The van der Waals surface area contributed by atoms with Crippen molar-refractivity contribution in [1.29, 1.82) is 0 Å². The number of benzene rings is 2. The summed E-state index contributed by atoms with van der Waals surface area (Å²) in [4.78, 5) is 16.8. The lowest BCUT2D eigenvalue weighted by atomic mass is 10.1. The minimum absolute atomic E-state index is 0.258. The van der Waals surface area contributed by atoms with Crippen LogP contribution in [-0.4, -0.2) is 19.9 Å². The molecule has 2 aromatic carbocycles. The monoisotopic (exact) mass is 347 g/mol. The number of fused-ring (bicyclic) bond motifs is 1. The number of rotatable bonds is 4. The first-order valence-corrected chi connectivity index (χ1v) is 8.39. The molecule has 0 aliphatic rings. The molecule has 2 aromatic heterocycles. The smallest absolute Gasteiger partial charge is 0.226 e. The van der Waals surface area contributed by atoms with E-state index >= 15 is 0 Å². The fourth-order valence-corrected chi connectivity index (χ4v) is 3.07. The van der Waals surface area contributed by atoms with Gasteiger partial charge < -0.3 is 10.3 Å². The van der Waals surface area contributed by atoms with E-state index in [2.05, 4.69) is 25.3 Å². The highest BCUT2D eigenvalue weighted by atomic mass is 19.1. The van der Waals surface area contributed by atoms with Crippen LogP contribution in [0.15, 0.2) is 48.5 Å². The molecule has 2 heterocycles. The van der Waals surface area contributed by atoms with Crippen molar-refractivity contribution in [3.05, 3.63) is 71.4 Å². The van der Waals surface area contributed by atoms with Gasteiger partial charge in [0, 0.05) is 28.7 Å².